The average Bonchev–Trinajstić information content (AvgIpc) is 2.44. The van der Waals surface area contributed by atoms with E-state index in [2.05, 4.69) is 9.97 Å². The van der Waals surface area contributed by atoms with Gasteiger partial charge in [-0.15, -0.1) is 0 Å². The lowest BCUT2D eigenvalue weighted by molar-refractivity contribution is 0.0108. The van der Waals surface area contributed by atoms with Crippen LogP contribution in [0.4, 0.5) is 10.7 Å². The third kappa shape index (κ3) is 5.08. The molecule has 0 unspecified atom stereocenters. The number of anilines is 1. The van der Waals surface area contributed by atoms with Crippen molar-refractivity contribution in [3.8, 4) is 0 Å². The number of aryl methyl sites for hydroxylation is 2. The van der Waals surface area contributed by atoms with Crippen LogP contribution in [0.5, 0.6) is 0 Å². The van der Waals surface area contributed by atoms with Crippen molar-refractivity contribution in [1.29, 1.82) is 0 Å². The van der Waals surface area contributed by atoms with Crippen LogP contribution in [0.25, 0.3) is 0 Å². The lowest BCUT2D eigenvalue weighted by Gasteiger charge is -2.38. The highest BCUT2D eigenvalue weighted by atomic mass is 16.6. The number of hydrogen-bond acceptors (Lipinski definition) is 5. The van der Waals surface area contributed by atoms with E-state index >= 15 is 0 Å². The number of aromatic nitrogens is 2. The molecule has 24 heavy (non-hydrogen) atoms. The van der Waals surface area contributed by atoms with Gasteiger partial charge in [0.25, 0.3) is 0 Å². The molecule has 0 aliphatic carbocycles. The molecule has 1 amide bonds. The fourth-order valence-electron chi connectivity index (χ4n) is 3.03. The molecule has 1 fully saturated rings. The summed E-state index contributed by atoms with van der Waals surface area (Å²) in [6, 6.07) is 2.09. The quantitative estimate of drug-likeness (QED) is 0.848. The van der Waals surface area contributed by atoms with Crippen LogP contribution in [-0.4, -0.2) is 52.7 Å². The number of rotatable bonds is 3. The van der Waals surface area contributed by atoms with Crippen LogP contribution in [0.1, 0.15) is 51.4 Å². The summed E-state index contributed by atoms with van der Waals surface area (Å²) in [5.74, 6) is 0.710. The van der Waals surface area contributed by atoms with Gasteiger partial charge in [0.1, 0.15) is 5.60 Å². The summed E-state index contributed by atoms with van der Waals surface area (Å²) in [6.07, 6.45) is 2.92. The number of likely N-dealkylation sites (N-methyl/N-ethyl adjacent to an activating group) is 1. The largest absolute Gasteiger partial charge is 0.444 e. The molecule has 1 aromatic heterocycles. The second-order valence-electron chi connectivity index (χ2n) is 7.65. The van der Waals surface area contributed by atoms with Crippen molar-refractivity contribution in [3.63, 3.8) is 0 Å². The zero-order valence-electron chi connectivity index (χ0n) is 15.8. The molecule has 134 valence electrons. The smallest absolute Gasteiger partial charge is 0.410 e. The summed E-state index contributed by atoms with van der Waals surface area (Å²) in [6.45, 7) is 11.1. The minimum Gasteiger partial charge on any atom is -0.444 e. The normalized spacial score (nSPS) is 18.4. The molecule has 6 nitrogen and oxygen atoms in total. The molecule has 2 rings (SSSR count). The minimum absolute atomic E-state index is 0.128. The molecule has 6 heteroatoms. The van der Waals surface area contributed by atoms with E-state index < -0.39 is 5.60 Å². The molecular weight excluding hydrogens is 304 g/mol. The fraction of sp³-hybridized carbons (Fsp3) is 0.722. The Morgan fingerprint density at radius 2 is 1.92 bits per heavy atom. The first kappa shape index (κ1) is 18.5. The van der Waals surface area contributed by atoms with Gasteiger partial charge in [0.2, 0.25) is 5.95 Å². The Kier molecular flexibility index (Phi) is 5.67. The van der Waals surface area contributed by atoms with E-state index in [9.17, 15) is 4.79 Å². The number of nitrogens with zero attached hydrogens (tertiary/aromatic N) is 4. The van der Waals surface area contributed by atoms with Crippen LogP contribution in [0.15, 0.2) is 6.07 Å². The molecule has 0 N–H and O–H groups in total. The number of ether oxygens (including phenoxy) is 1. The Labute approximate surface area is 145 Å². The molecule has 0 aromatic carbocycles. The topological polar surface area (TPSA) is 58.6 Å². The number of piperidine rings is 1. The van der Waals surface area contributed by atoms with Crippen molar-refractivity contribution < 1.29 is 9.53 Å². The van der Waals surface area contributed by atoms with Gasteiger partial charge in [0.05, 0.1) is 6.04 Å². The van der Waals surface area contributed by atoms with Gasteiger partial charge in [-0.25, -0.2) is 14.8 Å². The third-order valence-electron chi connectivity index (χ3n) is 4.05. The lowest BCUT2D eigenvalue weighted by atomic mass is 10.0. The van der Waals surface area contributed by atoms with Gasteiger partial charge >= 0.3 is 6.09 Å². The summed E-state index contributed by atoms with van der Waals surface area (Å²) in [7, 11) is 1.98. The fourth-order valence-corrected chi connectivity index (χ4v) is 3.03. The maximum Gasteiger partial charge on any atom is 0.410 e. The predicted molar refractivity (Wildman–Crippen MR) is 95.4 cm³/mol. The average molecular weight is 334 g/mol. The summed E-state index contributed by atoms with van der Waals surface area (Å²) < 4.78 is 5.57. The summed E-state index contributed by atoms with van der Waals surface area (Å²) in [5, 5.41) is 0. The lowest BCUT2D eigenvalue weighted by Crippen LogP contribution is -2.50. The first-order valence-corrected chi connectivity index (χ1v) is 8.69. The molecule has 0 spiro atoms. The highest BCUT2D eigenvalue weighted by Crippen LogP contribution is 2.22. The van der Waals surface area contributed by atoms with Crippen LogP contribution in [0.3, 0.4) is 0 Å². The number of hydrogen-bond donors (Lipinski definition) is 0. The van der Waals surface area contributed by atoms with Crippen LogP contribution in [-0.2, 0) is 4.74 Å². The first-order chi connectivity index (χ1) is 11.2. The SMILES string of the molecule is Cc1cc(C)nc(N(C)C[C@@H]2CCCCN2C(=O)OC(C)(C)C)n1. The molecule has 1 saturated heterocycles. The standard InChI is InChI=1S/C18H30N4O2/c1-13-11-14(2)20-16(19-13)21(6)12-15-9-7-8-10-22(15)17(23)24-18(3,4)5/h11,15H,7-10,12H2,1-6H3/t15-/m0/s1. The molecule has 1 aromatic rings. The number of carbonyl (C=O) groups is 1. The van der Waals surface area contributed by atoms with E-state index in [1.54, 1.807) is 0 Å². The number of carbonyl (C=O) groups excluding carboxylic acids is 1. The van der Waals surface area contributed by atoms with Gasteiger partial charge < -0.3 is 14.5 Å². The molecule has 2 heterocycles. The zero-order chi connectivity index (χ0) is 17.9. The van der Waals surface area contributed by atoms with Crippen molar-refractivity contribution in [2.24, 2.45) is 0 Å². The summed E-state index contributed by atoms with van der Waals surface area (Å²) in [4.78, 5) is 25.4. The van der Waals surface area contributed by atoms with Crippen LogP contribution >= 0.6 is 0 Å². The molecule has 0 bridgehead atoms. The van der Waals surface area contributed by atoms with E-state index in [0.29, 0.717) is 12.5 Å². The van der Waals surface area contributed by atoms with E-state index in [1.807, 2.05) is 57.5 Å². The second kappa shape index (κ2) is 7.36. The third-order valence-corrected chi connectivity index (χ3v) is 4.05. The monoisotopic (exact) mass is 334 g/mol. The van der Waals surface area contributed by atoms with E-state index in [0.717, 1.165) is 37.2 Å². The summed E-state index contributed by atoms with van der Waals surface area (Å²) in [5.41, 5.74) is 1.44. The van der Waals surface area contributed by atoms with Gasteiger partial charge in [-0.3, -0.25) is 0 Å². The van der Waals surface area contributed by atoms with Crippen molar-refractivity contribution in [3.05, 3.63) is 17.5 Å². The number of amides is 1. The van der Waals surface area contributed by atoms with Gasteiger partial charge in [-0.05, 0) is 59.9 Å². The second-order valence-corrected chi connectivity index (χ2v) is 7.65. The summed E-state index contributed by atoms with van der Waals surface area (Å²) >= 11 is 0. The zero-order valence-corrected chi connectivity index (χ0v) is 15.8. The Balaban J connectivity index is 2.08. The Bertz CT molecular complexity index is 563. The van der Waals surface area contributed by atoms with Crippen LogP contribution in [0, 0.1) is 13.8 Å². The van der Waals surface area contributed by atoms with Gasteiger partial charge in [0, 0.05) is 31.5 Å². The minimum atomic E-state index is -0.470. The Morgan fingerprint density at radius 1 is 1.29 bits per heavy atom. The highest BCUT2D eigenvalue weighted by molar-refractivity contribution is 5.68. The molecule has 1 atom stereocenters. The van der Waals surface area contributed by atoms with E-state index in [4.69, 9.17) is 4.74 Å². The molecule has 0 saturated carbocycles. The van der Waals surface area contributed by atoms with Crippen molar-refractivity contribution in [2.45, 2.75) is 65.5 Å². The van der Waals surface area contributed by atoms with Crippen LogP contribution in [0.2, 0.25) is 0 Å². The highest BCUT2D eigenvalue weighted by Gasteiger charge is 2.31. The first-order valence-electron chi connectivity index (χ1n) is 8.69. The predicted octanol–water partition coefficient (Wildman–Crippen LogP) is 3.32. The number of likely N-dealkylation sites (tertiary alicyclic amines) is 1. The van der Waals surface area contributed by atoms with Crippen molar-refractivity contribution in [2.75, 3.05) is 25.0 Å². The van der Waals surface area contributed by atoms with E-state index in [1.165, 1.54) is 0 Å². The molecule has 1 aliphatic rings. The van der Waals surface area contributed by atoms with Crippen molar-refractivity contribution in [1.82, 2.24) is 14.9 Å². The Hall–Kier alpha value is -1.85. The molecular formula is C18H30N4O2. The van der Waals surface area contributed by atoms with E-state index in [-0.39, 0.29) is 12.1 Å². The molecule has 1 aliphatic heterocycles. The maximum absolute atomic E-state index is 12.5. The van der Waals surface area contributed by atoms with Crippen molar-refractivity contribution >= 4 is 12.0 Å². The van der Waals surface area contributed by atoms with Crippen LogP contribution < -0.4 is 4.90 Å². The maximum atomic E-state index is 12.5. The molecule has 0 radical (unpaired) electrons. The van der Waals surface area contributed by atoms with Gasteiger partial charge in [-0.1, -0.05) is 0 Å². The Morgan fingerprint density at radius 3 is 2.50 bits per heavy atom. The van der Waals surface area contributed by atoms with Gasteiger partial charge in [-0.2, -0.15) is 0 Å². The van der Waals surface area contributed by atoms with Gasteiger partial charge in [0.15, 0.2) is 0 Å².